The fraction of sp³-hybridized carbons (Fsp3) is 0.636. The first-order valence-corrected chi connectivity index (χ1v) is 10.6. The summed E-state index contributed by atoms with van der Waals surface area (Å²) in [5.41, 5.74) is 1.32. The molecule has 154 valence electrons. The monoisotopic (exact) mass is 387 g/mol. The zero-order valence-electron chi connectivity index (χ0n) is 16.8. The van der Waals surface area contributed by atoms with Gasteiger partial charge in [0.1, 0.15) is 0 Å². The minimum absolute atomic E-state index is 0.0352. The summed E-state index contributed by atoms with van der Waals surface area (Å²) in [5.74, 6) is 0.686. The molecule has 2 aliphatic heterocycles. The van der Waals surface area contributed by atoms with Crippen molar-refractivity contribution in [2.24, 2.45) is 5.92 Å². The van der Waals surface area contributed by atoms with Crippen LogP contribution in [0.4, 0.5) is 0 Å². The number of piperazine rings is 1. The topological polar surface area (TPSA) is 64.1 Å². The minimum atomic E-state index is -0.0886. The number of carbonyl (C=O) groups excluding carboxylic acids is 2. The summed E-state index contributed by atoms with van der Waals surface area (Å²) in [4.78, 5) is 30.9. The van der Waals surface area contributed by atoms with Gasteiger partial charge in [-0.25, -0.2) is 0 Å². The Bertz CT molecular complexity index is 629. The van der Waals surface area contributed by atoms with Crippen molar-refractivity contribution in [1.82, 2.24) is 14.7 Å². The number of hydrogen-bond donors (Lipinski definition) is 1. The van der Waals surface area contributed by atoms with Crippen molar-refractivity contribution >= 4 is 11.8 Å². The standard InChI is InChI=1S/C22H33N3O3/c26-16-10-22(28)25-11-4-7-20(18-25)8-9-21(27)24-14-12-23(13-15-24)17-19-5-2-1-3-6-19/h1-3,5-6,20,26H,4,7-18H2/t20-/m1/s1. The number of carbonyl (C=O) groups is 2. The van der Waals surface area contributed by atoms with Crippen molar-refractivity contribution in [3.63, 3.8) is 0 Å². The van der Waals surface area contributed by atoms with E-state index in [2.05, 4.69) is 29.2 Å². The third-order valence-corrected chi connectivity index (χ3v) is 5.94. The van der Waals surface area contributed by atoms with Crippen molar-refractivity contribution in [1.29, 1.82) is 0 Å². The van der Waals surface area contributed by atoms with E-state index in [1.54, 1.807) is 0 Å². The zero-order chi connectivity index (χ0) is 19.8. The highest BCUT2D eigenvalue weighted by Crippen LogP contribution is 2.22. The Labute approximate surface area is 168 Å². The molecule has 2 amide bonds. The predicted molar refractivity (Wildman–Crippen MR) is 109 cm³/mol. The minimum Gasteiger partial charge on any atom is -0.396 e. The molecule has 0 aromatic heterocycles. The van der Waals surface area contributed by atoms with E-state index in [4.69, 9.17) is 5.11 Å². The smallest absolute Gasteiger partial charge is 0.224 e. The molecule has 0 bridgehead atoms. The van der Waals surface area contributed by atoms with Gasteiger partial charge in [-0.3, -0.25) is 14.5 Å². The third-order valence-electron chi connectivity index (χ3n) is 5.94. The van der Waals surface area contributed by atoms with Gasteiger partial charge in [0.15, 0.2) is 0 Å². The number of aliphatic hydroxyl groups is 1. The van der Waals surface area contributed by atoms with Gasteiger partial charge in [-0.05, 0) is 30.7 Å². The van der Waals surface area contributed by atoms with Gasteiger partial charge < -0.3 is 14.9 Å². The average molecular weight is 388 g/mol. The van der Waals surface area contributed by atoms with E-state index in [1.807, 2.05) is 15.9 Å². The number of aliphatic hydroxyl groups excluding tert-OH is 1. The third kappa shape index (κ3) is 6.04. The van der Waals surface area contributed by atoms with Crippen LogP contribution in [-0.2, 0) is 16.1 Å². The Hall–Kier alpha value is -1.92. The van der Waals surface area contributed by atoms with Gasteiger partial charge in [-0.15, -0.1) is 0 Å². The maximum absolute atomic E-state index is 12.6. The summed E-state index contributed by atoms with van der Waals surface area (Å²) >= 11 is 0. The number of nitrogens with zero attached hydrogens (tertiary/aromatic N) is 3. The van der Waals surface area contributed by atoms with Crippen LogP contribution >= 0.6 is 0 Å². The highest BCUT2D eigenvalue weighted by Gasteiger charge is 2.25. The summed E-state index contributed by atoms with van der Waals surface area (Å²) in [6.07, 6.45) is 3.71. The predicted octanol–water partition coefficient (Wildman–Crippen LogP) is 1.73. The molecule has 1 aromatic carbocycles. The van der Waals surface area contributed by atoms with Crippen LogP contribution in [0.1, 0.15) is 37.7 Å². The number of amides is 2. The highest BCUT2D eigenvalue weighted by molar-refractivity contribution is 5.77. The number of rotatable bonds is 7. The molecular formula is C22H33N3O3. The molecule has 6 nitrogen and oxygen atoms in total. The van der Waals surface area contributed by atoms with E-state index >= 15 is 0 Å². The molecule has 2 fully saturated rings. The first-order valence-electron chi connectivity index (χ1n) is 10.6. The number of likely N-dealkylation sites (tertiary alicyclic amines) is 1. The molecule has 2 heterocycles. The molecule has 6 heteroatoms. The van der Waals surface area contributed by atoms with E-state index in [1.165, 1.54) is 5.56 Å². The molecule has 0 aliphatic carbocycles. The van der Waals surface area contributed by atoms with Crippen LogP contribution in [0, 0.1) is 5.92 Å². The van der Waals surface area contributed by atoms with Crippen molar-refractivity contribution in [2.45, 2.75) is 38.6 Å². The van der Waals surface area contributed by atoms with Gasteiger partial charge in [0.25, 0.3) is 0 Å². The Kier molecular flexibility index (Phi) is 7.86. The lowest BCUT2D eigenvalue weighted by Crippen LogP contribution is -2.48. The van der Waals surface area contributed by atoms with E-state index in [0.717, 1.165) is 65.1 Å². The van der Waals surface area contributed by atoms with Gasteiger partial charge >= 0.3 is 0 Å². The number of piperidine rings is 1. The maximum Gasteiger partial charge on any atom is 0.224 e. The Morgan fingerprint density at radius 3 is 2.36 bits per heavy atom. The Balaban J connectivity index is 1.37. The van der Waals surface area contributed by atoms with Gasteiger partial charge in [0, 0.05) is 58.7 Å². The molecule has 0 unspecified atom stereocenters. The van der Waals surface area contributed by atoms with E-state index in [9.17, 15) is 9.59 Å². The van der Waals surface area contributed by atoms with Crippen LogP contribution in [0.5, 0.6) is 0 Å². The summed E-state index contributed by atoms with van der Waals surface area (Å²) < 4.78 is 0. The lowest BCUT2D eigenvalue weighted by molar-refractivity contribution is -0.134. The second-order valence-electron chi connectivity index (χ2n) is 8.00. The normalized spacial score (nSPS) is 21.0. The first kappa shape index (κ1) is 20.8. The number of hydrogen-bond acceptors (Lipinski definition) is 4. The van der Waals surface area contributed by atoms with Crippen LogP contribution in [0.3, 0.4) is 0 Å². The van der Waals surface area contributed by atoms with Gasteiger partial charge in [-0.1, -0.05) is 30.3 Å². The first-order chi connectivity index (χ1) is 13.7. The molecule has 0 radical (unpaired) electrons. The van der Waals surface area contributed by atoms with E-state index in [0.29, 0.717) is 12.3 Å². The van der Waals surface area contributed by atoms with E-state index < -0.39 is 0 Å². The van der Waals surface area contributed by atoms with Crippen LogP contribution in [0.2, 0.25) is 0 Å². The van der Waals surface area contributed by atoms with Gasteiger partial charge in [0.05, 0.1) is 6.61 Å². The Morgan fingerprint density at radius 2 is 1.64 bits per heavy atom. The van der Waals surface area contributed by atoms with Crippen LogP contribution < -0.4 is 0 Å². The lowest BCUT2D eigenvalue weighted by atomic mass is 9.93. The largest absolute Gasteiger partial charge is 0.396 e. The fourth-order valence-corrected chi connectivity index (χ4v) is 4.26. The quantitative estimate of drug-likeness (QED) is 0.774. The van der Waals surface area contributed by atoms with Crippen LogP contribution in [0.15, 0.2) is 30.3 Å². The molecule has 1 N–H and O–H groups in total. The summed E-state index contributed by atoms with van der Waals surface area (Å²) in [6.45, 7) is 5.83. The zero-order valence-corrected chi connectivity index (χ0v) is 16.8. The van der Waals surface area contributed by atoms with E-state index in [-0.39, 0.29) is 24.8 Å². The molecule has 2 saturated heterocycles. The van der Waals surface area contributed by atoms with Gasteiger partial charge in [-0.2, -0.15) is 0 Å². The molecule has 2 aliphatic rings. The molecule has 28 heavy (non-hydrogen) atoms. The number of benzene rings is 1. The molecular weight excluding hydrogens is 354 g/mol. The van der Waals surface area contributed by atoms with Gasteiger partial charge in [0.2, 0.25) is 11.8 Å². The maximum atomic E-state index is 12.6. The van der Waals surface area contributed by atoms with Crippen molar-refractivity contribution in [3.05, 3.63) is 35.9 Å². The second kappa shape index (κ2) is 10.6. The molecule has 1 aromatic rings. The lowest BCUT2D eigenvalue weighted by Gasteiger charge is -2.36. The summed E-state index contributed by atoms with van der Waals surface area (Å²) in [6, 6.07) is 10.5. The summed E-state index contributed by atoms with van der Waals surface area (Å²) in [7, 11) is 0. The Morgan fingerprint density at radius 1 is 0.929 bits per heavy atom. The molecule has 0 saturated carbocycles. The van der Waals surface area contributed by atoms with Crippen LogP contribution in [-0.4, -0.2) is 77.5 Å². The second-order valence-corrected chi connectivity index (χ2v) is 8.00. The SMILES string of the molecule is O=C(CC[C@H]1CCCN(C(=O)CCO)C1)N1CCN(Cc2ccccc2)CC1. The molecule has 1 atom stereocenters. The van der Waals surface area contributed by atoms with Crippen molar-refractivity contribution in [2.75, 3.05) is 45.9 Å². The average Bonchev–Trinajstić information content (AvgIpc) is 2.74. The van der Waals surface area contributed by atoms with Crippen LogP contribution in [0.25, 0.3) is 0 Å². The highest BCUT2D eigenvalue weighted by atomic mass is 16.3. The molecule has 3 rings (SSSR count). The molecule has 0 spiro atoms. The van der Waals surface area contributed by atoms with Crippen molar-refractivity contribution in [3.8, 4) is 0 Å². The fourth-order valence-electron chi connectivity index (χ4n) is 4.26. The van der Waals surface area contributed by atoms with Crippen molar-refractivity contribution < 1.29 is 14.7 Å². The summed E-state index contributed by atoms with van der Waals surface area (Å²) in [5, 5.41) is 8.95.